The predicted octanol–water partition coefficient (Wildman–Crippen LogP) is 5.75. The van der Waals surface area contributed by atoms with Crippen LogP contribution in [0.1, 0.15) is 41.6 Å². The van der Waals surface area contributed by atoms with Crippen molar-refractivity contribution >= 4 is 17.3 Å². The Morgan fingerprint density at radius 2 is 1.79 bits per heavy atom. The lowest BCUT2D eigenvalue weighted by atomic mass is 9.89. The third kappa shape index (κ3) is 3.68. The van der Waals surface area contributed by atoms with E-state index in [9.17, 15) is 5.11 Å². The summed E-state index contributed by atoms with van der Waals surface area (Å²) in [5, 5.41) is 14.8. The van der Waals surface area contributed by atoms with Gasteiger partial charge in [-0.05, 0) is 43.2 Å². The van der Waals surface area contributed by atoms with E-state index in [1.54, 1.807) is 6.07 Å². The highest BCUT2D eigenvalue weighted by Gasteiger charge is 2.35. The van der Waals surface area contributed by atoms with Crippen molar-refractivity contribution in [2.24, 2.45) is 4.99 Å². The smallest absolute Gasteiger partial charge is 0.134 e. The summed E-state index contributed by atoms with van der Waals surface area (Å²) in [6.45, 7) is 4.13. The van der Waals surface area contributed by atoms with Gasteiger partial charge in [0, 0.05) is 28.8 Å². The van der Waals surface area contributed by atoms with E-state index >= 15 is 0 Å². The molecule has 0 saturated heterocycles. The fourth-order valence-corrected chi connectivity index (χ4v) is 3.96. The number of hydrogen-bond donors (Lipinski definition) is 2. The first-order chi connectivity index (χ1) is 13.4. The quantitative estimate of drug-likeness (QED) is 0.598. The third-order valence-corrected chi connectivity index (χ3v) is 5.53. The minimum atomic E-state index is -0.656. The Kier molecular flexibility index (Phi) is 4.96. The van der Waals surface area contributed by atoms with E-state index in [1.165, 1.54) is 5.56 Å². The molecular weight excluding hydrogens is 368 g/mol. The zero-order valence-electron chi connectivity index (χ0n) is 16.0. The molecule has 2 atom stereocenters. The number of phenolic OH excluding ortho intramolecular Hbond substituents is 1. The standard InChI is InChI=1S/C24H23ClN2O/c1-16-10-12-17(13-11-16)21-15-22(20-8-3-4-9-23(20)28)27-24(2,26-21)18-6-5-7-19(25)14-18/h3-14,22,27-28H,15H2,1-2H3/t22-,24+/m1/s1. The fourth-order valence-electron chi connectivity index (χ4n) is 3.77. The number of phenols is 1. The second-order valence-corrected chi connectivity index (χ2v) is 7.90. The van der Waals surface area contributed by atoms with Crippen molar-refractivity contribution in [2.75, 3.05) is 0 Å². The van der Waals surface area contributed by atoms with Gasteiger partial charge in [0.25, 0.3) is 0 Å². The second-order valence-electron chi connectivity index (χ2n) is 7.47. The minimum Gasteiger partial charge on any atom is -0.508 e. The maximum absolute atomic E-state index is 10.4. The lowest BCUT2D eigenvalue weighted by molar-refractivity contribution is 0.309. The predicted molar refractivity (Wildman–Crippen MR) is 115 cm³/mol. The van der Waals surface area contributed by atoms with E-state index in [2.05, 4.69) is 43.4 Å². The summed E-state index contributed by atoms with van der Waals surface area (Å²) in [5.41, 5.74) is 4.53. The van der Waals surface area contributed by atoms with Gasteiger partial charge in [-0.3, -0.25) is 10.3 Å². The van der Waals surface area contributed by atoms with E-state index < -0.39 is 5.66 Å². The van der Waals surface area contributed by atoms with Gasteiger partial charge in [-0.2, -0.15) is 0 Å². The summed E-state index contributed by atoms with van der Waals surface area (Å²) < 4.78 is 0. The summed E-state index contributed by atoms with van der Waals surface area (Å²) in [6.07, 6.45) is 0.691. The van der Waals surface area contributed by atoms with Crippen LogP contribution in [0, 0.1) is 6.92 Å². The van der Waals surface area contributed by atoms with Crippen molar-refractivity contribution in [3.63, 3.8) is 0 Å². The first-order valence-electron chi connectivity index (χ1n) is 9.42. The van der Waals surface area contributed by atoms with E-state index in [0.717, 1.165) is 22.4 Å². The zero-order chi connectivity index (χ0) is 19.7. The Morgan fingerprint density at radius 1 is 1.04 bits per heavy atom. The molecule has 0 fully saturated rings. The van der Waals surface area contributed by atoms with Gasteiger partial charge in [0.05, 0.1) is 0 Å². The summed E-state index contributed by atoms with van der Waals surface area (Å²) in [5.74, 6) is 0.290. The lowest BCUT2D eigenvalue weighted by Crippen LogP contribution is -2.45. The van der Waals surface area contributed by atoms with Crippen LogP contribution in [-0.4, -0.2) is 10.8 Å². The van der Waals surface area contributed by atoms with Gasteiger partial charge in [-0.15, -0.1) is 0 Å². The molecule has 1 aliphatic heterocycles. The molecule has 4 heteroatoms. The van der Waals surface area contributed by atoms with Crippen LogP contribution in [0.3, 0.4) is 0 Å². The van der Waals surface area contributed by atoms with Crippen molar-refractivity contribution in [2.45, 2.75) is 32.0 Å². The van der Waals surface area contributed by atoms with Crippen LogP contribution in [0.4, 0.5) is 0 Å². The second kappa shape index (κ2) is 7.42. The molecule has 28 heavy (non-hydrogen) atoms. The molecule has 2 N–H and O–H groups in total. The Labute approximate surface area is 170 Å². The topological polar surface area (TPSA) is 44.6 Å². The molecule has 1 aliphatic rings. The number of aryl methyl sites for hydroxylation is 1. The van der Waals surface area contributed by atoms with Gasteiger partial charge in [0.15, 0.2) is 0 Å². The largest absolute Gasteiger partial charge is 0.508 e. The Morgan fingerprint density at radius 3 is 2.50 bits per heavy atom. The normalized spacial score (nSPS) is 22.0. The highest BCUT2D eigenvalue weighted by atomic mass is 35.5. The van der Waals surface area contributed by atoms with Crippen LogP contribution in [0.15, 0.2) is 77.8 Å². The van der Waals surface area contributed by atoms with Crippen LogP contribution in [0.5, 0.6) is 5.75 Å². The molecule has 0 spiro atoms. The molecule has 0 radical (unpaired) electrons. The van der Waals surface area contributed by atoms with E-state index in [4.69, 9.17) is 16.6 Å². The number of aromatic hydroxyl groups is 1. The molecule has 1 heterocycles. The molecule has 0 aliphatic carbocycles. The number of hydrogen-bond acceptors (Lipinski definition) is 3. The number of halogens is 1. The molecule has 0 unspecified atom stereocenters. The van der Waals surface area contributed by atoms with Crippen LogP contribution >= 0.6 is 11.6 Å². The fraction of sp³-hybridized carbons (Fsp3) is 0.208. The highest BCUT2D eigenvalue weighted by Crippen LogP contribution is 2.37. The van der Waals surface area contributed by atoms with Gasteiger partial charge < -0.3 is 5.11 Å². The number of rotatable bonds is 3. The summed E-state index contributed by atoms with van der Waals surface area (Å²) in [7, 11) is 0. The Bertz CT molecular complexity index is 1030. The Hall–Kier alpha value is -2.62. The van der Waals surface area contributed by atoms with E-state index in [-0.39, 0.29) is 6.04 Å². The molecule has 0 bridgehead atoms. The SMILES string of the molecule is Cc1ccc(C2=N[C@](C)(c3cccc(Cl)c3)N[C@@H](c3ccccc3O)C2)cc1. The van der Waals surface area contributed by atoms with Crippen molar-refractivity contribution < 1.29 is 5.11 Å². The number of aliphatic imine (C=N–C) groups is 1. The molecule has 0 saturated carbocycles. The van der Waals surface area contributed by atoms with Gasteiger partial charge in [-0.1, -0.05) is 71.8 Å². The van der Waals surface area contributed by atoms with Gasteiger partial charge in [0.2, 0.25) is 0 Å². The molecule has 3 nitrogen and oxygen atoms in total. The maximum Gasteiger partial charge on any atom is 0.134 e. The van der Waals surface area contributed by atoms with E-state index in [0.29, 0.717) is 17.2 Å². The maximum atomic E-state index is 10.4. The van der Waals surface area contributed by atoms with Crippen LogP contribution in [0.25, 0.3) is 0 Å². The first-order valence-corrected chi connectivity index (χ1v) is 9.80. The minimum absolute atomic E-state index is 0.0704. The molecule has 142 valence electrons. The molecule has 0 aromatic heterocycles. The summed E-state index contributed by atoms with van der Waals surface area (Å²) in [4.78, 5) is 5.10. The third-order valence-electron chi connectivity index (χ3n) is 5.30. The molecule has 3 aromatic rings. The molecule has 3 aromatic carbocycles. The lowest BCUT2D eigenvalue weighted by Gasteiger charge is -2.38. The highest BCUT2D eigenvalue weighted by molar-refractivity contribution is 6.30. The zero-order valence-corrected chi connectivity index (χ0v) is 16.7. The van der Waals surface area contributed by atoms with Crippen molar-refractivity contribution in [1.82, 2.24) is 5.32 Å². The van der Waals surface area contributed by atoms with Gasteiger partial charge in [0.1, 0.15) is 11.4 Å². The van der Waals surface area contributed by atoms with Crippen molar-refractivity contribution in [3.8, 4) is 5.75 Å². The van der Waals surface area contributed by atoms with Crippen LogP contribution in [0.2, 0.25) is 5.02 Å². The number of nitrogens with one attached hydrogen (secondary N) is 1. The molecule has 4 rings (SSSR count). The Balaban J connectivity index is 1.83. The van der Waals surface area contributed by atoms with Crippen LogP contribution < -0.4 is 5.32 Å². The average Bonchev–Trinajstić information content (AvgIpc) is 2.68. The number of nitrogens with zero attached hydrogens (tertiary/aromatic N) is 1. The molecule has 0 amide bonds. The van der Waals surface area contributed by atoms with Crippen molar-refractivity contribution in [1.29, 1.82) is 0 Å². The number of para-hydroxylation sites is 1. The van der Waals surface area contributed by atoms with Gasteiger partial charge in [-0.25, -0.2) is 0 Å². The monoisotopic (exact) mass is 390 g/mol. The van der Waals surface area contributed by atoms with Crippen LogP contribution in [-0.2, 0) is 5.66 Å². The van der Waals surface area contributed by atoms with Crippen molar-refractivity contribution in [3.05, 3.63) is 100 Å². The first kappa shape index (κ1) is 18.7. The van der Waals surface area contributed by atoms with Gasteiger partial charge >= 0.3 is 0 Å². The number of benzene rings is 3. The average molecular weight is 391 g/mol. The van der Waals surface area contributed by atoms with E-state index in [1.807, 2.05) is 42.5 Å². The summed E-state index contributed by atoms with van der Waals surface area (Å²) in [6, 6.07) is 23.6. The summed E-state index contributed by atoms with van der Waals surface area (Å²) >= 11 is 6.26. The molecular formula is C24H23ClN2O.